The Morgan fingerprint density at radius 1 is 1.21 bits per heavy atom. The third-order valence-electron chi connectivity index (χ3n) is 6.90. The van der Waals surface area contributed by atoms with Crippen molar-refractivity contribution in [2.24, 2.45) is 5.92 Å². The summed E-state index contributed by atoms with van der Waals surface area (Å²) < 4.78 is 10.9. The number of carbonyl (C=O) groups excluding carboxylic acids is 3. The molecule has 1 aliphatic heterocycles. The lowest BCUT2D eigenvalue weighted by atomic mass is 9.76. The molecule has 1 aromatic carbocycles. The van der Waals surface area contributed by atoms with Crippen LogP contribution in [-0.2, 0) is 35.7 Å². The molecule has 150 valence electrons. The van der Waals surface area contributed by atoms with Gasteiger partial charge in [-0.15, -0.1) is 0 Å². The van der Waals surface area contributed by atoms with Crippen molar-refractivity contribution in [2.45, 2.75) is 75.2 Å². The van der Waals surface area contributed by atoms with Gasteiger partial charge < -0.3 is 9.47 Å². The van der Waals surface area contributed by atoms with Crippen LogP contribution in [0.4, 0.5) is 0 Å². The van der Waals surface area contributed by atoms with Crippen molar-refractivity contribution < 1.29 is 23.9 Å². The maximum Gasteiger partial charge on any atom is 0.316 e. The fourth-order valence-electron chi connectivity index (χ4n) is 5.19. The van der Waals surface area contributed by atoms with E-state index in [2.05, 4.69) is 6.07 Å². The van der Waals surface area contributed by atoms with Crippen molar-refractivity contribution in [3.8, 4) is 0 Å². The third kappa shape index (κ3) is 3.47. The first kappa shape index (κ1) is 19.2. The Hall–Kier alpha value is -2.17. The lowest BCUT2D eigenvalue weighted by molar-refractivity contribution is -0.178. The number of benzene rings is 1. The predicted molar refractivity (Wildman–Crippen MR) is 103 cm³/mol. The van der Waals surface area contributed by atoms with Crippen LogP contribution in [0.2, 0.25) is 0 Å². The number of hydrogen-bond acceptors (Lipinski definition) is 5. The van der Waals surface area contributed by atoms with Gasteiger partial charge in [0.2, 0.25) is 0 Å². The van der Waals surface area contributed by atoms with Crippen molar-refractivity contribution in [1.82, 2.24) is 0 Å². The molecule has 2 saturated carbocycles. The second-order valence-corrected chi connectivity index (χ2v) is 8.69. The summed E-state index contributed by atoms with van der Waals surface area (Å²) in [6.45, 7) is 0. The fourth-order valence-corrected chi connectivity index (χ4v) is 5.19. The Labute approximate surface area is 165 Å². The zero-order chi connectivity index (χ0) is 19.8. The lowest BCUT2D eigenvalue weighted by Crippen LogP contribution is -2.48. The summed E-state index contributed by atoms with van der Waals surface area (Å²) in [5, 5.41) is 0. The van der Waals surface area contributed by atoms with Crippen molar-refractivity contribution in [3.05, 3.63) is 35.4 Å². The molecule has 4 rings (SSSR count). The molecule has 0 N–H and O–H groups in total. The molecular formula is C23H28O5. The van der Waals surface area contributed by atoms with E-state index in [1.54, 1.807) is 0 Å². The van der Waals surface area contributed by atoms with Crippen LogP contribution in [0.15, 0.2) is 24.3 Å². The maximum atomic E-state index is 12.2. The number of ketones is 1. The zero-order valence-corrected chi connectivity index (χ0v) is 16.5. The predicted octanol–water partition coefficient (Wildman–Crippen LogP) is 3.66. The van der Waals surface area contributed by atoms with Gasteiger partial charge in [0, 0.05) is 6.42 Å². The molecule has 0 spiro atoms. The summed E-state index contributed by atoms with van der Waals surface area (Å²) in [4.78, 5) is 36.5. The Kier molecular flexibility index (Phi) is 5.02. The Bertz CT molecular complexity index is 770. The van der Waals surface area contributed by atoms with Gasteiger partial charge in [-0.25, -0.2) is 0 Å². The number of carbonyl (C=O) groups is 3. The van der Waals surface area contributed by atoms with E-state index in [4.69, 9.17) is 9.47 Å². The van der Waals surface area contributed by atoms with E-state index in [-0.39, 0.29) is 30.1 Å². The maximum absolute atomic E-state index is 12.2. The van der Waals surface area contributed by atoms with Crippen LogP contribution < -0.4 is 0 Å². The Balaban J connectivity index is 1.53. The number of hydrogen-bond donors (Lipinski definition) is 0. The normalized spacial score (nSPS) is 26.8. The highest BCUT2D eigenvalue weighted by Gasteiger charge is 2.52. The van der Waals surface area contributed by atoms with Crippen molar-refractivity contribution in [2.75, 3.05) is 7.11 Å². The third-order valence-corrected chi connectivity index (χ3v) is 6.90. The summed E-state index contributed by atoms with van der Waals surface area (Å²) in [6, 6.07) is 8.10. The summed E-state index contributed by atoms with van der Waals surface area (Å²) in [5.74, 6) is -0.272. The number of rotatable bonds is 6. The molecule has 3 fully saturated rings. The van der Waals surface area contributed by atoms with Crippen LogP contribution in [0, 0.1) is 5.92 Å². The summed E-state index contributed by atoms with van der Waals surface area (Å²) in [6.07, 6.45) is 7.58. The van der Waals surface area contributed by atoms with Crippen LogP contribution >= 0.6 is 0 Å². The fraction of sp³-hybridized carbons (Fsp3) is 0.609. The summed E-state index contributed by atoms with van der Waals surface area (Å²) in [7, 11) is 1.44. The first-order chi connectivity index (χ1) is 13.5. The van der Waals surface area contributed by atoms with Gasteiger partial charge in [-0.2, -0.15) is 0 Å². The zero-order valence-electron chi connectivity index (χ0n) is 16.5. The quantitative estimate of drug-likeness (QED) is 0.553. The Morgan fingerprint density at radius 2 is 1.96 bits per heavy atom. The van der Waals surface area contributed by atoms with E-state index in [1.807, 2.05) is 18.2 Å². The van der Waals surface area contributed by atoms with Crippen LogP contribution in [-0.4, -0.2) is 30.4 Å². The molecule has 2 aliphatic carbocycles. The van der Waals surface area contributed by atoms with Crippen molar-refractivity contribution in [1.29, 1.82) is 0 Å². The van der Waals surface area contributed by atoms with Gasteiger partial charge in [0.1, 0.15) is 17.8 Å². The van der Waals surface area contributed by atoms with E-state index in [1.165, 1.54) is 7.11 Å². The number of aryl methyl sites for hydroxylation is 1. The van der Waals surface area contributed by atoms with Crippen LogP contribution in [0.25, 0.3) is 0 Å². The number of Topliss-reactive ketones (excluding diaryl/α,β-unsaturated/α-hetero) is 1. The second kappa shape index (κ2) is 7.34. The molecule has 28 heavy (non-hydrogen) atoms. The lowest BCUT2D eigenvalue weighted by Gasteiger charge is -2.41. The molecule has 0 aromatic heterocycles. The molecule has 0 bridgehead atoms. The number of ether oxygens (including phenoxy) is 2. The molecule has 1 aromatic rings. The first-order valence-corrected chi connectivity index (χ1v) is 10.4. The average Bonchev–Trinajstić information content (AvgIpc) is 3.30. The van der Waals surface area contributed by atoms with Gasteiger partial charge >= 0.3 is 11.9 Å². The largest absolute Gasteiger partial charge is 0.468 e. The molecular weight excluding hydrogens is 356 g/mol. The van der Waals surface area contributed by atoms with Crippen molar-refractivity contribution >= 4 is 17.7 Å². The molecule has 5 nitrogen and oxygen atoms in total. The smallest absolute Gasteiger partial charge is 0.316 e. The highest BCUT2D eigenvalue weighted by atomic mass is 16.6. The number of methoxy groups -OCH3 is 1. The molecule has 0 amide bonds. The van der Waals surface area contributed by atoms with Crippen LogP contribution in [0.5, 0.6) is 0 Å². The van der Waals surface area contributed by atoms with Gasteiger partial charge in [-0.1, -0.05) is 37.1 Å². The van der Waals surface area contributed by atoms with E-state index in [9.17, 15) is 14.4 Å². The van der Waals surface area contributed by atoms with E-state index in [0.717, 1.165) is 56.1 Å². The molecule has 1 atom stereocenters. The highest BCUT2D eigenvalue weighted by molar-refractivity contribution is 5.98. The van der Waals surface area contributed by atoms with Gasteiger partial charge in [0.25, 0.3) is 0 Å². The van der Waals surface area contributed by atoms with E-state index < -0.39 is 11.0 Å². The minimum absolute atomic E-state index is 0.000440. The Morgan fingerprint density at radius 3 is 2.61 bits per heavy atom. The summed E-state index contributed by atoms with van der Waals surface area (Å²) in [5.41, 5.74) is 0.974. The standard InChI is InChI=1S/C23H28O5/c1-27-21(26)22(11-12-22)18-8-4-5-16(13-18)9-10-23(17-6-2-3-7-17)15-19(24)14-20(25)28-23/h4-5,8,13,17H,2-3,6-7,9-12,14-15H2,1H3. The SMILES string of the molecule is COC(=O)C1(c2cccc(CCC3(C4CCCC4)CC(=O)CC(=O)O3)c2)CC1. The molecule has 3 aliphatic rings. The molecule has 1 unspecified atom stereocenters. The first-order valence-electron chi connectivity index (χ1n) is 10.4. The van der Waals surface area contributed by atoms with Crippen molar-refractivity contribution in [3.63, 3.8) is 0 Å². The highest BCUT2D eigenvalue weighted by Crippen LogP contribution is 2.49. The van der Waals surface area contributed by atoms with Crippen LogP contribution in [0.1, 0.15) is 68.9 Å². The number of esters is 2. The topological polar surface area (TPSA) is 69.7 Å². The molecule has 1 heterocycles. The summed E-state index contributed by atoms with van der Waals surface area (Å²) >= 11 is 0. The van der Waals surface area contributed by atoms with Gasteiger partial charge in [0.05, 0.1) is 12.5 Å². The van der Waals surface area contributed by atoms with E-state index in [0.29, 0.717) is 12.8 Å². The molecule has 5 heteroatoms. The second-order valence-electron chi connectivity index (χ2n) is 8.69. The minimum atomic E-state index is -0.654. The average molecular weight is 384 g/mol. The molecule has 0 radical (unpaired) electrons. The van der Waals surface area contributed by atoms with Gasteiger partial charge in [-0.3, -0.25) is 14.4 Å². The van der Waals surface area contributed by atoms with Gasteiger partial charge in [0.15, 0.2) is 0 Å². The monoisotopic (exact) mass is 384 g/mol. The van der Waals surface area contributed by atoms with Crippen LogP contribution in [0.3, 0.4) is 0 Å². The van der Waals surface area contributed by atoms with Gasteiger partial charge in [-0.05, 0) is 55.6 Å². The minimum Gasteiger partial charge on any atom is -0.468 e. The van der Waals surface area contributed by atoms with E-state index >= 15 is 0 Å². The molecule has 1 saturated heterocycles. The number of cyclic esters (lactones) is 1.